The van der Waals surface area contributed by atoms with Crippen molar-refractivity contribution < 1.29 is 5.11 Å². The molecule has 5 heteroatoms. The van der Waals surface area contributed by atoms with Gasteiger partial charge in [-0.2, -0.15) is 0 Å². The number of nitrogens with one attached hydrogen (secondary N) is 2. The first-order chi connectivity index (χ1) is 8.62. The van der Waals surface area contributed by atoms with E-state index >= 15 is 0 Å². The number of aliphatic hydroxyl groups excluding tert-OH is 1. The standard InChI is InChI=1S/C13H24N4O/c1-5-6-11-16-12(14-4)10(3)13(17-11)15-9(2)7-8-18/h9,18H,5-8H2,1-4H3,(H2,14,15,16,17). The molecule has 0 amide bonds. The monoisotopic (exact) mass is 252 g/mol. The van der Waals surface area contributed by atoms with Gasteiger partial charge in [0.15, 0.2) is 0 Å². The van der Waals surface area contributed by atoms with Crippen molar-refractivity contribution in [2.24, 2.45) is 0 Å². The summed E-state index contributed by atoms with van der Waals surface area (Å²) in [6, 6.07) is 0.197. The predicted molar refractivity (Wildman–Crippen MR) is 75.1 cm³/mol. The molecule has 0 bridgehead atoms. The highest BCUT2D eigenvalue weighted by molar-refractivity contribution is 5.57. The van der Waals surface area contributed by atoms with E-state index in [-0.39, 0.29) is 12.6 Å². The Kier molecular flexibility index (Phi) is 5.85. The maximum absolute atomic E-state index is 8.94. The average molecular weight is 252 g/mol. The molecular weight excluding hydrogens is 228 g/mol. The van der Waals surface area contributed by atoms with Crippen LogP contribution in [0.15, 0.2) is 0 Å². The summed E-state index contributed by atoms with van der Waals surface area (Å²) in [7, 11) is 1.87. The van der Waals surface area contributed by atoms with E-state index in [1.165, 1.54) is 0 Å². The smallest absolute Gasteiger partial charge is 0.134 e. The van der Waals surface area contributed by atoms with Crippen molar-refractivity contribution in [1.29, 1.82) is 0 Å². The average Bonchev–Trinajstić information content (AvgIpc) is 2.33. The Hall–Kier alpha value is -1.36. The van der Waals surface area contributed by atoms with Crippen LogP contribution in [0.3, 0.4) is 0 Å². The lowest BCUT2D eigenvalue weighted by molar-refractivity contribution is 0.282. The number of hydrogen-bond donors (Lipinski definition) is 3. The van der Waals surface area contributed by atoms with Crippen LogP contribution in [0, 0.1) is 6.92 Å². The molecule has 0 aliphatic carbocycles. The maximum Gasteiger partial charge on any atom is 0.134 e. The first-order valence-electron chi connectivity index (χ1n) is 6.55. The lowest BCUT2D eigenvalue weighted by Gasteiger charge is -2.17. The summed E-state index contributed by atoms with van der Waals surface area (Å²) in [5, 5.41) is 15.4. The number of rotatable bonds is 7. The summed E-state index contributed by atoms with van der Waals surface area (Å²) in [6.07, 6.45) is 2.61. The van der Waals surface area contributed by atoms with Crippen molar-refractivity contribution >= 4 is 11.6 Å². The van der Waals surface area contributed by atoms with Crippen LogP contribution in [0.2, 0.25) is 0 Å². The second-order valence-electron chi connectivity index (χ2n) is 4.52. The molecule has 0 saturated heterocycles. The number of hydrogen-bond acceptors (Lipinski definition) is 5. The lowest BCUT2D eigenvalue weighted by Crippen LogP contribution is -2.19. The van der Waals surface area contributed by atoms with E-state index < -0.39 is 0 Å². The van der Waals surface area contributed by atoms with Crippen LogP contribution in [-0.2, 0) is 6.42 Å². The van der Waals surface area contributed by atoms with Gasteiger partial charge in [0.2, 0.25) is 0 Å². The van der Waals surface area contributed by atoms with E-state index in [0.717, 1.165) is 35.9 Å². The molecule has 5 nitrogen and oxygen atoms in total. The highest BCUT2D eigenvalue weighted by Crippen LogP contribution is 2.21. The molecule has 0 spiro atoms. The second-order valence-corrected chi connectivity index (χ2v) is 4.52. The van der Waals surface area contributed by atoms with E-state index in [0.29, 0.717) is 6.42 Å². The summed E-state index contributed by atoms with van der Waals surface area (Å²) >= 11 is 0. The number of nitrogens with zero attached hydrogens (tertiary/aromatic N) is 2. The fraction of sp³-hybridized carbons (Fsp3) is 0.692. The molecule has 0 saturated carbocycles. The van der Waals surface area contributed by atoms with Crippen LogP contribution in [0.5, 0.6) is 0 Å². The number of aliphatic hydroxyl groups is 1. The Labute approximate surface area is 109 Å². The van der Waals surface area contributed by atoms with Crippen molar-refractivity contribution in [2.75, 3.05) is 24.3 Å². The Balaban J connectivity index is 2.96. The van der Waals surface area contributed by atoms with E-state index in [1.54, 1.807) is 0 Å². The van der Waals surface area contributed by atoms with Gasteiger partial charge < -0.3 is 15.7 Å². The van der Waals surface area contributed by atoms with Gasteiger partial charge in [-0.25, -0.2) is 9.97 Å². The molecule has 0 aliphatic heterocycles. The summed E-state index contributed by atoms with van der Waals surface area (Å²) in [6.45, 7) is 6.33. The molecule has 0 radical (unpaired) electrons. The van der Waals surface area contributed by atoms with Crippen LogP contribution in [0.25, 0.3) is 0 Å². The predicted octanol–water partition coefficient (Wildman–Crippen LogP) is 1.96. The normalized spacial score (nSPS) is 12.3. The van der Waals surface area contributed by atoms with E-state index in [1.807, 2.05) is 20.9 Å². The van der Waals surface area contributed by atoms with Crippen LogP contribution in [0.4, 0.5) is 11.6 Å². The van der Waals surface area contributed by atoms with Gasteiger partial charge in [0.05, 0.1) is 0 Å². The van der Waals surface area contributed by atoms with Crippen LogP contribution in [0.1, 0.15) is 38.1 Å². The first kappa shape index (κ1) is 14.7. The molecule has 1 rings (SSSR count). The topological polar surface area (TPSA) is 70.1 Å². The van der Waals surface area contributed by atoms with Gasteiger partial charge in [-0.05, 0) is 26.7 Å². The molecule has 1 unspecified atom stereocenters. The largest absolute Gasteiger partial charge is 0.396 e. The van der Waals surface area contributed by atoms with E-state index in [9.17, 15) is 0 Å². The van der Waals surface area contributed by atoms with Crippen molar-refractivity contribution in [3.63, 3.8) is 0 Å². The molecule has 1 aromatic heterocycles. The summed E-state index contributed by atoms with van der Waals surface area (Å²) in [5.74, 6) is 2.58. The summed E-state index contributed by atoms with van der Waals surface area (Å²) in [4.78, 5) is 9.03. The molecule has 0 fully saturated rings. The van der Waals surface area contributed by atoms with Crippen molar-refractivity contribution in [3.05, 3.63) is 11.4 Å². The summed E-state index contributed by atoms with van der Waals surface area (Å²) < 4.78 is 0. The zero-order valence-electron chi connectivity index (χ0n) is 11.7. The minimum Gasteiger partial charge on any atom is -0.396 e. The van der Waals surface area contributed by atoms with Gasteiger partial charge >= 0.3 is 0 Å². The van der Waals surface area contributed by atoms with Gasteiger partial charge in [-0.3, -0.25) is 0 Å². The molecular formula is C13H24N4O. The molecule has 1 heterocycles. The zero-order chi connectivity index (χ0) is 13.5. The highest BCUT2D eigenvalue weighted by Gasteiger charge is 2.11. The number of aromatic nitrogens is 2. The molecule has 0 aromatic carbocycles. The minimum atomic E-state index is 0.180. The van der Waals surface area contributed by atoms with Crippen molar-refractivity contribution in [3.8, 4) is 0 Å². The fourth-order valence-corrected chi connectivity index (χ4v) is 1.78. The third kappa shape index (κ3) is 3.84. The Morgan fingerprint density at radius 2 is 1.94 bits per heavy atom. The zero-order valence-corrected chi connectivity index (χ0v) is 11.7. The van der Waals surface area contributed by atoms with Gasteiger partial charge in [-0.1, -0.05) is 6.92 Å². The molecule has 18 heavy (non-hydrogen) atoms. The molecule has 0 aliphatic rings. The fourth-order valence-electron chi connectivity index (χ4n) is 1.78. The molecule has 102 valence electrons. The van der Waals surface area contributed by atoms with Gasteiger partial charge in [-0.15, -0.1) is 0 Å². The van der Waals surface area contributed by atoms with Gasteiger partial charge in [0.1, 0.15) is 17.5 Å². The Morgan fingerprint density at radius 3 is 2.50 bits per heavy atom. The molecule has 1 aromatic rings. The minimum absolute atomic E-state index is 0.180. The Bertz CT molecular complexity index is 381. The highest BCUT2D eigenvalue weighted by atomic mass is 16.3. The number of anilines is 2. The van der Waals surface area contributed by atoms with E-state index in [4.69, 9.17) is 5.11 Å². The quantitative estimate of drug-likeness (QED) is 0.692. The third-order valence-electron chi connectivity index (χ3n) is 2.85. The van der Waals surface area contributed by atoms with Crippen LogP contribution in [-0.4, -0.2) is 34.8 Å². The number of aryl methyl sites for hydroxylation is 1. The van der Waals surface area contributed by atoms with Crippen molar-refractivity contribution in [2.45, 2.75) is 46.1 Å². The van der Waals surface area contributed by atoms with Crippen LogP contribution >= 0.6 is 0 Å². The summed E-state index contributed by atoms with van der Waals surface area (Å²) in [5.41, 5.74) is 1.02. The molecule has 3 N–H and O–H groups in total. The Morgan fingerprint density at radius 1 is 1.28 bits per heavy atom. The molecule has 1 atom stereocenters. The lowest BCUT2D eigenvalue weighted by atomic mass is 10.2. The van der Waals surface area contributed by atoms with Gasteiger partial charge in [0.25, 0.3) is 0 Å². The van der Waals surface area contributed by atoms with Gasteiger partial charge in [0, 0.05) is 31.7 Å². The van der Waals surface area contributed by atoms with Crippen molar-refractivity contribution in [1.82, 2.24) is 9.97 Å². The van der Waals surface area contributed by atoms with E-state index in [2.05, 4.69) is 27.5 Å². The maximum atomic E-state index is 8.94. The SMILES string of the molecule is CCCc1nc(NC)c(C)c(NC(C)CCO)n1. The first-order valence-corrected chi connectivity index (χ1v) is 6.55. The third-order valence-corrected chi connectivity index (χ3v) is 2.85. The van der Waals surface area contributed by atoms with Crippen LogP contribution < -0.4 is 10.6 Å². The second kappa shape index (κ2) is 7.16.